The van der Waals surface area contributed by atoms with Crippen molar-refractivity contribution >= 4 is 90.7 Å². The number of benzene rings is 4. The number of aromatic nitrogens is 4. The minimum absolute atomic E-state index is 0. The number of hydrogen-bond acceptors (Lipinski definition) is 26. The number of esters is 2. The van der Waals surface area contributed by atoms with Crippen LogP contribution in [0.2, 0.25) is 0 Å². The van der Waals surface area contributed by atoms with Gasteiger partial charge in [0, 0.05) is 110 Å². The Morgan fingerprint density at radius 1 is 0.396 bits per heavy atom. The normalized spacial score (nSPS) is 14.9. The molecular formula is C97H132Cl2N12O23. The van der Waals surface area contributed by atoms with E-state index in [-0.39, 0.29) is 109 Å². The summed E-state index contributed by atoms with van der Waals surface area (Å²) >= 11 is 0. The molecule has 4 saturated heterocycles. The van der Waals surface area contributed by atoms with Crippen molar-refractivity contribution in [2.75, 3.05) is 40.4 Å². The predicted molar refractivity (Wildman–Crippen MR) is 510 cm³/mol. The number of likely N-dealkylation sites (tertiary alicyclic amines) is 3. The number of carboxylic acid groups (broad SMARTS) is 3. The summed E-state index contributed by atoms with van der Waals surface area (Å²) in [6.45, 7) is 26.8. The van der Waals surface area contributed by atoms with Crippen LogP contribution in [0.25, 0.3) is 0 Å². The van der Waals surface area contributed by atoms with Crippen LogP contribution in [0.15, 0.2) is 146 Å². The lowest BCUT2D eigenvalue weighted by Crippen LogP contribution is -2.41. The monoisotopic (exact) mass is 1900 g/mol. The van der Waals surface area contributed by atoms with E-state index in [1.54, 1.807) is 178 Å². The first kappa shape index (κ1) is 117. The maximum atomic E-state index is 13.0. The molecule has 134 heavy (non-hydrogen) atoms. The van der Waals surface area contributed by atoms with E-state index < -0.39 is 77.1 Å². The van der Waals surface area contributed by atoms with E-state index in [4.69, 9.17) is 48.7 Å². The third-order valence-electron chi connectivity index (χ3n) is 19.0. The van der Waals surface area contributed by atoms with Crippen LogP contribution < -0.4 is 45.9 Å². The number of methoxy groups -OCH3 is 2. The SMILES string of the molecule is C.C.C.C.COC(=O)[C@@H]1CCCN1.COC(=O)[C@@H]1CCCN1C(=O)c1cccc(Oc2cc(CNC(=O)OC(C)(C)C)cc(C)n2)c1.Cc1cc(CN)cc(Oc2cccc(C(=O)N3CCC[C@H]3C(=O)O)c2)n1.Cc1cc(CNC(=O)OC(C)(C)C)cc(Oc2cccc(C(=O)N3CCC[C@H]3C(=O)O)c2)n1.Cc1cc(CNC(=O)OC(C)(C)C)cc(Oc2cccc(C(=O)O)c2)n1.Cl.Cl. The third kappa shape index (κ3) is 38.1. The van der Waals surface area contributed by atoms with Gasteiger partial charge in [0.15, 0.2) is 0 Å². The highest BCUT2D eigenvalue weighted by molar-refractivity contribution is 5.99. The Labute approximate surface area is 796 Å². The molecule has 0 saturated carbocycles. The fourth-order valence-electron chi connectivity index (χ4n) is 13.6. The molecule has 6 amide bonds. The van der Waals surface area contributed by atoms with Crippen molar-refractivity contribution in [1.29, 1.82) is 0 Å². The summed E-state index contributed by atoms with van der Waals surface area (Å²) in [4.78, 5) is 152. The zero-order valence-electron chi connectivity index (χ0n) is 75.5. The number of carbonyl (C=O) groups is 11. The largest absolute Gasteiger partial charge is 0.480 e. The average molecular weight is 1910 g/mol. The van der Waals surface area contributed by atoms with Crippen LogP contribution in [0.3, 0.4) is 0 Å². The quantitative estimate of drug-likeness (QED) is 0.0218. The fraction of sp³-hybridized carbons (Fsp3) is 0.433. The number of rotatable bonds is 23. The van der Waals surface area contributed by atoms with Gasteiger partial charge in [-0.3, -0.25) is 19.2 Å². The maximum absolute atomic E-state index is 13.0. The lowest BCUT2D eigenvalue weighted by molar-refractivity contribution is -0.145. The number of nitrogens with one attached hydrogen (secondary N) is 4. The molecule has 35 nitrogen and oxygen atoms in total. The van der Waals surface area contributed by atoms with E-state index >= 15 is 0 Å². The van der Waals surface area contributed by atoms with Crippen molar-refractivity contribution in [2.45, 2.75) is 238 Å². The van der Waals surface area contributed by atoms with E-state index in [9.17, 15) is 63.0 Å². The molecular weight excluding hydrogens is 1770 g/mol. The van der Waals surface area contributed by atoms with Gasteiger partial charge in [-0.1, -0.05) is 54.0 Å². The Kier molecular flexibility index (Phi) is 47.7. The van der Waals surface area contributed by atoms with Crippen molar-refractivity contribution in [3.8, 4) is 46.5 Å². The van der Waals surface area contributed by atoms with Gasteiger partial charge in [0.25, 0.3) is 17.7 Å². The number of pyridine rings is 4. The van der Waals surface area contributed by atoms with Crippen LogP contribution in [0.4, 0.5) is 14.4 Å². The zero-order chi connectivity index (χ0) is 93.7. The molecule has 4 aromatic heterocycles. The molecule has 0 aliphatic carbocycles. The van der Waals surface area contributed by atoms with Gasteiger partial charge in [-0.05, 0) is 267 Å². The standard InChI is InChI=1S/C25H31N3O6.C24H29N3O6.C19H21N3O4.C19H22N2O5.C6H11NO2.4CH4.2ClH/c1-16-12-17(15-26-24(31)34-25(2,3)4)13-21(27-16)33-19-9-6-8-18(14-19)22(29)28-11-7-10-20(28)23(30)32-5;1-15-11-16(14-25-23(31)33-24(2,3)4)12-20(26-15)32-18-8-5-7-17(13-18)21(28)27-10-6-9-19(27)22(29)30;1-12-8-13(11-20)9-17(21-12)26-15-5-2-4-14(10-15)18(23)22-7-3-6-16(22)19(24)25;1-12-8-13(11-20-18(24)26-19(2,3)4)9-16(21-12)25-15-7-5-6-14(10-15)17(22)23;1-9-6(8)5-3-2-4-7-5;;;;;;/h6,8-9,12-14,20H,7,10-11,15H2,1-5H3,(H,26,31);5,7-8,11-13,19H,6,9-10,14H2,1-4H3,(H,25,31)(H,29,30);2,4-5,8-10,16H,3,6-7,11,20H2,1H3,(H,24,25);5-10H,11H2,1-4H3,(H,20,24)(H,22,23);5,7H,2-4H2,1H3;4*1H4;2*1H/t20-;19-;16-;;5-;;;;;;/m000.0....../s1. The Balaban J connectivity index is 0.000000580. The second kappa shape index (κ2) is 54.7. The molecule has 8 heterocycles. The number of nitrogens with two attached hydrogens (primary N) is 1. The van der Waals surface area contributed by atoms with E-state index in [1.165, 1.54) is 41.1 Å². The molecule has 0 bridgehead atoms. The van der Waals surface area contributed by atoms with Crippen LogP contribution in [-0.4, -0.2) is 197 Å². The van der Waals surface area contributed by atoms with Gasteiger partial charge in [0.05, 0.1) is 19.8 Å². The minimum atomic E-state index is -1.03. The maximum Gasteiger partial charge on any atom is 0.407 e. The van der Waals surface area contributed by atoms with E-state index in [0.717, 1.165) is 53.8 Å². The lowest BCUT2D eigenvalue weighted by atomic mass is 10.1. The van der Waals surface area contributed by atoms with Gasteiger partial charge in [-0.2, -0.15) is 0 Å². The predicted octanol–water partition coefficient (Wildman–Crippen LogP) is 17.4. The van der Waals surface area contributed by atoms with Crippen LogP contribution in [-0.2, 0) is 69.0 Å². The number of halogens is 2. The highest BCUT2D eigenvalue weighted by atomic mass is 35.5. The summed E-state index contributed by atoms with van der Waals surface area (Å²) in [6.07, 6.45) is 4.07. The van der Waals surface area contributed by atoms with Crippen molar-refractivity contribution in [2.24, 2.45) is 5.73 Å². The van der Waals surface area contributed by atoms with E-state index in [2.05, 4.69) is 45.9 Å². The highest BCUT2D eigenvalue weighted by Crippen LogP contribution is 2.32. The van der Waals surface area contributed by atoms with E-state index in [0.29, 0.717) is 139 Å². The Bertz CT molecular complexity index is 5270. The number of nitrogens with zero attached hydrogens (tertiary/aromatic N) is 7. The van der Waals surface area contributed by atoms with Gasteiger partial charge in [-0.25, -0.2) is 53.5 Å². The number of ether oxygens (including phenoxy) is 9. The van der Waals surface area contributed by atoms with Crippen LogP contribution in [0, 0.1) is 27.7 Å². The van der Waals surface area contributed by atoms with Crippen LogP contribution in [0.1, 0.15) is 230 Å². The van der Waals surface area contributed by atoms with Crippen molar-refractivity contribution in [3.63, 3.8) is 0 Å². The Morgan fingerprint density at radius 3 is 0.955 bits per heavy atom. The second-order valence-electron chi connectivity index (χ2n) is 33.3. The van der Waals surface area contributed by atoms with Gasteiger partial charge in [0.1, 0.15) is 64.0 Å². The molecule has 9 N–H and O–H groups in total. The summed E-state index contributed by atoms with van der Waals surface area (Å²) in [5.41, 5.74) is 11.4. The first-order chi connectivity index (χ1) is 60.5. The number of amides is 6. The number of aryl methyl sites for hydroxylation is 4. The fourth-order valence-corrected chi connectivity index (χ4v) is 13.6. The smallest absolute Gasteiger partial charge is 0.407 e. The molecule has 12 rings (SSSR count). The number of hydrogen-bond donors (Lipinski definition) is 8. The van der Waals surface area contributed by atoms with Gasteiger partial charge >= 0.3 is 48.1 Å². The molecule has 4 fully saturated rings. The minimum Gasteiger partial charge on any atom is -0.480 e. The molecule has 0 unspecified atom stereocenters. The van der Waals surface area contributed by atoms with Gasteiger partial charge in [0.2, 0.25) is 23.5 Å². The molecule has 4 aliphatic heterocycles. The number of alkyl carbamates (subject to hydrolysis) is 3. The zero-order valence-corrected chi connectivity index (χ0v) is 77.1. The molecule has 4 aromatic carbocycles. The molecule has 8 aromatic rings. The van der Waals surface area contributed by atoms with E-state index in [1.807, 2.05) is 45.0 Å². The van der Waals surface area contributed by atoms with Crippen molar-refractivity contribution in [3.05, 3.63) is 213 Å². The molecule has 0 spiro atoms. The molecule has 0 radical (unpaired) electrons. The molecule has 732 valence electrons. The summed E-state index contributed by atoms with van der Waals surface area (Å²) in [6, 6.07) is 38.2. The second-order valence-corrected chi connectivity index (χ2v) is 33.3. The average Bonchev–Trinajstić information content (AvgIpc) is 1.09. The first-order valence-corrected chi connectivity index (χ1v) is 41.6. The summed E-state index contributed by atoms with van der Waals surface area (Å²) < 4.78 is 48.3. The summed E-state index contributed by atoms with van der Waals surface area (Å²) in [5.74, 6) is -1.42. The molecule has 4 atom stereocenters. The Hall–Kier alpha value is -13.3. The van der Waals surface area contributed by atoms with Gasteiger partial charge < -0.3 is 99.7 Å². The van der Waals surface area contributed by atoms with Crippen LogP contribution in [0.5, 0.6) is 46.5 Å². The first-order valence-electron chi connectivity index (χ1n) is 41.6. The topological polar surface area (TPSA) is 467 Å². The number of carbonyl (C=O) groups excluding carboxylic acids is 8. The number of carboxylic acids is 3. The summed E-state index contributed by atoms with van der Waals surface area (Å²) in [5, 5.41) is 38.8. The third-order valence-corrected chi connectivity index (χ3v) is 19.0. The Morgan fingerprint density at radius 2 is 0.679 bits per heavy atom. The molecule has 37 heteroatoms. The van der Waals surface area contributed by atoms with Crippen LogP contribution >= 0.6 is 24.8 Å². The molecule has 4 aliphatic rings. The van der Waals surface area contributed by atoms with Gasteiger partial charge in [-0.15, -0.1) is 24.8 Å². The lowest BCUT2D eigenvalue weighted by Gasteiger charge is -2.22. The van der Waals surface area contributed by atoms with Crippen molar-refractivity contribution in [1.82, 2.24) is 55.9 Å². The number of aromatic carboxylic acids is 1. The summed E-state index contributed by atoms with van der Waals surface area (Å²) in [7, 11) is 2.74. The van der Waals surface area contributed by atoms with Crippen molar-refractivity contribution < 1.29 is 111 Å². The highest BCUT2D eigenvalue weighted by Gasteiger charge is 2.38. The number of aliphatic carboxylic acids is 2.